The van der Waals surface area contributed by atoms with E-state index in [9.17, 15) is 9.59 Å². The molecule has 1 amide bonds. The van der Waals surface area contributed by atoms with Crippen LogP contribution in [0.4, 0.5) is 5.69 Å². The number of benzene rings is 2. The first-order chi connectivity index (χ1) is 12.2. The van der Waals surface area contributed by atoms with Gasteiger partial charge in [-0.05, 0) is 37.1 Å². The Balaban J connectivity index is 1.50. The highest BCUT2D eigenvalue weighted by Gasteiger charge is 2.20. The Morgan fingerprint density at radius 1 is 0.920 bits per heavy atom. The maximum Gasteiger partial charge on any atom is 0.227 e. The molecule has 0 atom stereocenters. The quantitative estimate of drug-likeness (QED) is 0.575. The molecule has 0 heterocycles. The Morgan fingerprint density at radius 2 is 1.60 bits per heavy atom. The first-order valence-corrected chi connectivity index (χ1v) is 9.83. The van der Waals surface area contributed by atoms with Crippen LogP contribution < -0.4 is 5.32 Å². The van der Waals surface area contributed by atoms with Crippen LogP contribution in [0.15, 0.2) is 59.5 Å². The third kappa shape index (κ3) is 5.20. The standard InChI is InChI=1S/C21H23NO2S/c23-20(16-7-3-1-4-8-16)15-25-19-13-11-18(12-14-19)22-21(24)17-9-5-2-6-10-17/h1,3-4,7-8,11-14,17H,2,5-6,9-10,15H2,(H,22,24). The number of ketones is 1. The van der Waals surface area contributed by atoms with Crippen molar-refractivity contribution in [1.82, 2.24) is 0 Å². The van der Waals surface area contributed by atoms with Crippen molar-refractivity contribution in [2.75, 3.05) is 11.1 Å². The number of anilines is 1. The summed E-state index contributed by atoms with van der Waals surface area (Å²) in [4.78, 5) is 25.4. The van der Waals surface area contributed by atoms with Gasteiger partial charge in [0.05, 0.1) is 5.75 Å². The van der Waals surface area contributed by atoms with Crippen LogP contribution >= 0.6 is 11.8 Å². The number of carbonyl (C=O) groups is 2. The minimum atomic E-state index is 0.125. The minimum Gasteiger partial charge on any atom is -0.326 e. The first kappa shape index (κ1) is 17.7. The van der Waals surface area contributed by atoms with E-state index >= 15 is 0 Å². The van der Waals surface area contributed by atoms with Crippen LogP contribution in [0.1, 0.15) is 42.5 Å². The monoisotopic (exact) mass is 353 g/mol. The van der Waals surface area contributed by atoms with Crippen LogP contribution in [0, 0.1) is 5.92 Å². The first-order valence-electron chi connectivity index (χ1n) is 8.84. The topological polar surface area (TPSA) is 46.2 Å². The van der Waals surface area contributed by atoms with Crippen molar-refractivity contribution in [3.63, 3.8) is 0 Å². The van der Waals surface area contributed by atoms with E-state index in [4.69, 9.17) is 0 Å². The van der Waals surface area contributed by atoms with Crippen LogP contribution in [0.5, 0.6) is 0 Å². The van der Waals surface area contributed by atoms with E-state index in [-0.39, 0.29) is 17.6 Å². The molecule has 1 aliphatic carbocycles. The van der Waals surface area contributed by atoms with Gasteiger partial charge in [-0.15, -0.1) is 11.8 Å². The summed E-state index contributed by atoms with van der Waals surface area (Å²) in [6, 6.07) is 17.1. The molecule has 3 nitrogen and oxygen atoms in total. The van der Waals surface area contributed by atoms with E-state index in [1.807, 2.05) is 54.6 Å². The molecule has 1 N–H and O–H groups in total. The number of hydrogen-bond acceptors (Lipinski definition) is 3. The molecular formula is C21H23NO2S. The Labute approximate surface area is 153 Å². The maximum atomic E-state index is 12.3. The zero-order valence-corrected chi connectivity index (χ0v) is 15.1. The number of carbonyl (C=O) groups excluding carboxylic acids is 2. The van der Waals surface area contributed by atoms with Gasteiger partial charge in [-0.25, -0.2) is 0 Å². The number of hydrogen-bond donors (Lipinski definition) is 1. The summed E-state index contributed by atoms with van der Waals surface area (Å²) in [5, 5.41) is 3.01. The second-order valence-corrected chi connectivity index (χ2v) is 7.48. The SMILES string of the molecule is O=C(CSc1ccc(NC(=O)C2CCCCC2)cc1)c1ccccc1. The molecule has 0 spiro atoms. The minimum absolute atomic E-state index is 0.125. The molecule has 1 saturated carbocycles. The number of nitrogens with one attached hydrogen (secondary N) is 1. The zero-order valence-electron chi connectivity index (χ0n) is 14.2. The highest BCUT2D eigenvalue weighted by molar-refractivity contribution is 8.00. The zero-order chi connectivity index (χ0) is 17.5. The highest BCUT2D eigenvalue weighted by Crippen LogP contribution is 2.26. The second-order valence-electron chi connectivity index (χ2n) is 6.43. The molecule has 0 bridgehead atoms. The van der Waals surface area contributed by atoms with Crippen molar-refractivity contribution in [2.24, 2.45) is 5.92 Å². The van der Waals surface area contributed by atoms with Crippen LogP contribution in [-0.2, 0) is 4.79 Å². The molecule has 25 heavy (non-hydrogen) atoms. The van der Waals surface area contributed by atoms with Gasteiger partial charge in [0.2, 0.25) is 5.91 Å². The van der Waals surface area contributed by atoms with E-state index in [0.29, 0.717) is 5.75 Å². The molecule has 0 aromatic heterocycles. The van der Waals surface area contributed by atoms with Crippen molar-refractivity contribution in [3.05, 3.63) is 60.2 Å². The van der Waals surface area contributed by atoms with Crippen molar-refractivity contribution in [2.45, 2.75) is 37.0 Å². The summed E-state index contributed by atoms with van der Waals surface area (Å²) in [6.45, 7) is 0. The molecule has 1 aliphatic rings. The van der Waals surface area contributed by atoms with E-state index in [1.165, 1.54) is 18.2 Å². The van der Waals surface area contributed by atoms with E-state index in [0.717, 1.165) is 41.8 Å². The molecule has 2 aromatic carbocycles. The molecule has 0 aliphatic heterocycles. The average Bonchev–Trinajstić information content (AvgIpc) is 2.68. The Kier molecular flexibility index (Phi) is 6.29. The van der Waals surface area contributed by atoms with Gasteiger partial charge >= 0.3 is 0 Å². The van der Waals surface area contributed by atoms with Crippen LogP contribution in [-0.4, -0.2) is 17.4 Å². The molecule has 3 rings (SSSR count). The van der Waals surface area contributed by atoms with Gasteiger partial charge < -0.3 is 5.32 Å². The molecule has 0 unspecified atom stereocenters. The number of Topliss-reactive ketones (excluding diaryl/α,β-unsaturated/α-hetero) is 1. The van der Waals surface area contributed by atoms with Crippen molar-refractivity contribution in [1.29, 1.82) is 0 Å². The Morgan fingerprint density at radius 3 is 2.28 bits per heavy atom. The van der Waals surface area contributed by atoms with Gasteiger partial charge in [0, 0.05) is 22.1 Å². The molecular weight excluding hydrogens is 330 g/mol. The van der Waals surface area contributed by atoms with Crippen molar-refractivity contribution in [3.8, 4) is 0 Å². The van der Waals surface area contributed by atoms with Gasteiger partial charge in [-0.2, -0.15) is 0 Å². The second kappa shape index (κ2) is 8.86. The lowest BCUT2D eigenvalue weighted by atomic mass is 9.88. The Hall–Kier alpha value is -2.07. The lowest BCUT2D eigenvalue weighted by molar-refractivity contribution is -0.120. The fraction of sp³-hybridized carbons (Fsp3) is 0.333. The third-order valence-electron chi connectivity index (χ3n) is 4.56. The van der Waals surface area contributed by atoms with Crippen LogP contribution in [0.25, 0.3) is 0 Å². The molecule has 0 saturated heterocycles. The summed E-state index contributed by atoms with van der Waals surface area (Å²) in [5.74, 6) is 0.837. The summed E-state index contributed by atoms with van der Waals surface area (Å²) in [5.41, 5.74) is 1.57. The lowest BCUT2D eigenvalue weighted by Gasteiger charge is -2.20. The fourth-order valence-electron chi connectivity index (χ4n) is 3.10. The highest BCUT2D eigenvalue weighted by atomic mass is 32.2. The third-order valence-corrected chi connectivity index (χ3v) is 5.58. The van der Waals surface area contributed by atoms with Crippen LogP contribution in [0.2, 0.25) is 0 Å². The number of thioether (sulfide) groups is 1. The predicted octanol–water partition coefficient (Wildman–Crippen LogP) is 5.18. The Bertz CT molecular complexity index is 706. The van der Waals surface area contributed by atoms with E-state index in [1.54, 1.807) is 0 Å². The molecule has 1 fully saturated rings. The lowest BCUT2D eigenvalue weighted by Crippen LogP contribution is -2.24. The number of rotatable bonds is 6. The summed E-state index contributed by atoms with van der Waals surface area (Å²) in [6.07, 6.45) is 5.56. The fourth-order valence-corrected chi connectivity index (χ4v) is 3.89. The summed E-state index contributed by atoms with van der Waals surface area (Å²) < 4.78 is 0. The number of amides is 1. The maximum absolute atomic E-state index is 12.3. The average molecular weight is 353 g/mol. The van der Waals surface area contributed by atoms with Crippen LogP contribution in [0.3, 0.4) is 0 Å². The van der Waals surface area contributed by atoms with E-state index in [2.05, 4.69) is 5.32 Å². The van der Waals surface area contributed by atoms with Gasteiger partial charge in [-0.3, -0.25) is 9.59 Å². The summed E-state index contributed by atoms with van der Waals surface area (Å²) in [7, 11) is 0. The molecule has 0 radical (unpaired) electrons. The molecule has 2 aromatic rings. The smallest absolute Gasteiger partial charge is 0.227 e. The van der Waals surface area contributed by atoms with Gasteiger partial charge in [-0.1, -0.05) is 49.6 Å². The normalized spacial score (nSPS) is 14.9. The summed E-state index contributed by atoms with van der Waals surface area (Å²) >= 11 is 1.52. The van der Waals surface area contributed by atoms with Crippen molar-refractivity contribution >= 4 is 29.1 Å². The van der Waals surface area contributed by atoms with Gasteiger partial charge in [0.25, 0.3) is 0 Å². The molecule has 4 heteroatoms. The predicted molar refractivity (Wildman–Crippen MR) is 103 cm³/mol. The van der Waals surface area contributed by atoms with Crippen molar-refractivity contribution < 1.29 is 9.59 Å². The largest absolute Gasteiger partial charge is 0.326 e. The molecule has 130 valence electrons. The van der Waals surface area contributed by atoms with Gasteiger partial charge in [0.15, 0.2) is 5.78 Å². The van der Waals surface area contributed by atoms with Gasteiger partial charge in [0.1, 0.15) is 0 Å². The van der Waals surface area contributed by atoms with E-state index < -0.39 is 0 Å².